The highest BCUT2D eigenvalue weighted by Crippen LogP contribution is 2.62. The van der Waals surface area contributed by atoms with Gasteiger partial charge in [0.05, 0.1) is 11.1 Å². The lowest BCUT2D eigenvalue weighted by atomic mass is 9.97. The van der Waals surface area contributed by atoms with Crippen molar-refractivity contribution in [3.63, 3.8) is 0 Å². The van der Waals surface area contributed by atoms with Gasteiger partial charge >= 0.3 is 0 Å². The Kier molecular flexibility index (Phi) is 4.37. The van der Waals surface area contributed by atoms with Crippen molar-refractivity contribution in [1.29, 1.82) is 0 Å². The molecule has 1 aromatic rings. The summed E-state index contributed by atoms with van der Waals surface area (Å²) in [4.78, 5) is 0. The summed E-state index contributed by atoms with van der Waals surface area (Å²) in [5.41, 5.74) is 1.39. The molecule has 0 amide bonds. The van der Waals surface area contributed by atoms with E-state index in [4.69, 9.17) is 4.74 Å². The Labute approximate surface area is 130 Å². The van der Waals surface area contributed by atoms with Crippen LogP contribution in [-0.4, -0.2) is 13.7 Å². The van der Waals surface area contributed by atoms with E-state index >= 15 is 0 Å². The smallest absolute Gasteiger partial charge is 0.133 e. The second-order valence-electron chi connectivity index (χ2n) is 6.14. The fraction of sp³-hybridized carbons (Fsp3) is 0.647. The predicted octanol–water partition coefficient (Wildman–Crippen LogP) is 4.54. The first kappa shape index (κ1) is 14.4. The summed E-state index contributed by atoms with van der Waals surface area (Å²) in [6.07, 6.45) is 5.35. The molecular formula is C17H24BrNO. The average Bonchev–Trinajstić information content (AvgIpc) is 2.92. The Morgan fingerprint density at radius 2 is 2.10 bits per heavy atom. The third kappa shape index (κ3) is 2.62. The highest BCUT2D eigenvalue weighted by atomic mass is 79.9. The molecule has 0 saturated heterocycles. The molecule has 2 aliphatic rings. The van der Waals surface area contributed by atoms with Gasteiger partial charge in [0.25, 0.3) is 0 Å². The molecule has 0 bridgehead atoms. The third-order valence-electron chi connectivity index (χ3n) is 4.95. The molecule has 3 atom stereocenters. The van der Waals surface area contributed by atoms with E-state index in [1.54, 1.807) is 0 Å². The standard InChI is InChI=1S/C17H24BrNO/c1-3-9-20-15-8-7-11(10-14(15)18)17(19-2)16-12-5-4-6-13(12)16/h7-8,10,12-13,16-17,19H,3-6,9H2,1-2H3. The highest BCUT2D eigenvalue weighted by molar-refractivity contribution is 9.10. The van der Waals surface area contributed by atoms with Crippen LogP contribution < -0.4 is 10.1 Å². The summed E-state index contributed by atoms with van der Waals surface area (Å²) < 4.78 is 6.82. The fourth-order valence-electron chi connectivity index (χ4n) is 3.99. The van der Waals surface area contributed by atoms with Gasteiger partial charge in [-0.15, -0.1) is 0 Å². The van der Waals surface area contributed by atoms with Crippen molar-refractivity contribution >= 4 is 15.9 Å². The second-order valence-corrected chi connectivity index (χ2v) is 6.99. The first-order valence-electron chi connectivity index (χ1n) is 7.85. The SMILES string of the molecule is CCCOc1ccc(C(NC)C2C3CCCC32)cc1Br. The van der Waals surface area contributed by atoms with E-state index in [-0.39, 0.29) is 0 Å². The maximum Gasteiger partial charge on any atom is 0.133 e. The molecule has 3 heteroatoms. The van der Waals surface area contributed by atoms with Gasteiger partial charge in [0, 0.05) is 6.04 Å². The van der Waals surface area contributed by atoms with Gasteiger partial charge < -0.3 is 10.1 Å². The molecular weight excluding hydrogens is 314 g/mol. The summed E-state index contributed by atoms with van der Waals surface area (Å²) in [7, 11) is 2.09. The molecule has 1 N–H and O–H groups in total. The van der Waals surface area contributed by atoms with E-state index in [1.165, 1.54) is 24.8 Å². The van der Waals surface area contributed by atoms with Crippen LogP contribution in [0.5, 0.6) is 5.75 Å². The third-order valence-corrected chi connectivity index (χ3v) is 5.57. The lowest BCUT2D eigenvalue weighted by Crippen LogP contribution is -2.20. The van der Waals surface area contributed by atoms with Crippen LogP contribution in [-0.2, 0) is 0 Å². The molecule has 2 aliphatic carbocycles. The largest absolute Gasteiger partial charge is 0.492 e. The summed E-state index contributed by atoms with van der Waals surface area (Å²) in [6.45, 7) is 2.91. The Morgan fingerprint density at radius 3 is 2.70 bits per heavy atom. The number of benzene rings is 1. The Bertz CT molecular complexity index is 466. The number of nitrogens with one attached hydrogen (secondary N) is 1. The molecule has 1 aromatic carbocycles. The van der Waals surface area contributed by atoms with Crippen molar-refractivity contribution < 1.29 is 4.74 Å². The molecule has 2 nitrogen and oxygen atoms in total. The van der Waals surface area contributed by atoms with Crippen LogP contribution >= 0.6 is 15.9 Å². The molecule has 3 unspecified atom stereocenters. The molecule has 0 radical (unpaired) electrons. The molecule has 0 aromatic heterocycles. The molecule has 0 spiro atoms. The Balaban J connectivity index is 1.73. The molecule has 3 rings (SSSR count). The van der Waals surface area contributed by atoms with Gasteiger partial charge in [-0.3, -0.25) is 0 Å². The van der Waals surface area contributed by atoms with Crippen LogP contribution in [0.15, 0.2) is 22.7 Å². The Hall–Kier alpha value is -0.540. The van der Waals surface area contributed by atoms with Gasteiger partial charge in [-0.1, -0.05) is 19.4 Å². The van der Waals surface area contributed by atoms with E-state index in [9.17, 15) is 0 Å². The zero-order chi connectivity index (χ0) is 14.1. The minimum absolute atomic E-state index is 0.502. The van der Waals surface area contributed by atoms with Crippen molar-refractivity contribution in [2.75, 3.05) is 13.7 Å². The van der Waals surface area contributed by atoms with Crippen molar-refractivity contribution in [3.8, 4) is 5.75 Å². The molecule has 2 fully saturated rings. The van der Waals surface area contributed by atoms with Crippen LogP contribution in [0.1, 0.15) is 44.2 Å². The summed E-state index contributed by atoms with van der Waals surface area (Å²) in [6, 6.07) is 7.07. The van der Waals surface area contributed by atoms with Gasteiger partial charge in [0.2, 0.25) is 0 Å². The van der Waals surface area contributed by atoms with Gasteiger partial charge in [-0.25, -0.2) is 0 Å². The topological polar surface area (TPSA) is 21.3 Å². The normalized spacial score (nSPS) is 29.1. The van der Waals surface area contributed by atoms with Crippen LogP contribution in [0.25, 0.3) is 0 Å². The first-order valence-corrected chi connectivity index (χ1v) is 8.65. The van der Waals surface area contributed by atoms with Crippen molar-refractivity contribution in [1.82, 2.24) is 5.32 Å². The van der Waals surface area contributed by atoms with Crippen LogP contribution in [0.2, 0.25) is 0 Å². The van der Waals surface area contributed by atoms with E-state index < -0.39 is 0 Å². The van der Waals surface area contributed by atoms with Gasteiger partial charge in [0.1, 0.15) is 5.75 Å². The summed E-state index contributed by atoms with van der Waals surface area (Å²) >= 11 is 3.65. The number of ether oxygens (including phenoxy) is 1. The van der Waals surface area contributed by atoms with Gasteiger partial charge in [-0.2, -0.15) is 0 Å². The van der Waals surface area contributed by atoms with Crippen molar-refractivity contribution in [2.24, 2.45) is 17.8 Å². The molecule has 20 heavy (non-hydrogen) atoms. The summed E-state index contributed by atoms with van der Waals surface area (Å²) in [5, 5.41) is 3.54. The van der Waals surface area contributed by atoms with E-state index in [0.29, 0.717) is 6.04 Å². The van der Waals surface area contributed by atoms with Crippen LogP contribution in [0, 0.1) is 17.8 Å². The quantitative estimate of drug-likeness (QED) is 0.822. The van der Waals surface area contributed by atoms with Crippen LogP contribution in [0.4, 0.5) is 0 Å². The summed E-state index contributed by atoms with van der Waals surface area (Å²) in [5.74, 6) is 3.76. The predicted molar refractivity (Wildman–Crippen MR) is 86.0 cm³/mol. The number of fused-ring (bicyclic) bond motifs is 1. The first-order chi connectivity index (χ1) is 9.76. The van der Waals surface area contributed by atoms with E-state index in [1.807, 2.05) is 0 Å². The average molecular weight is 338 g/mol. The minimum atomic E-state index is 0.502. The second kappa shape index (κ2) is 6.07. The minimum Gasteiger partial charge on any atom is -0.492 e. The van der Waals surface area contributed by atoms with Crippen molar-refractivity contribution in [2.45, 2.75) is 38.6 Å². The zero-order valence-corrected chi connectivity index (χ0v) is 13.9. The fourth-order valence-corrected chi connectivity index (χ4v) is 4.50. The number of hydrogen-bond acceptors (Lipinski definition) is 2. The maximum absolute atomic E-state index is 5.74. The number of halogens is 1. The molecule has 0 heterocycles. The van der Waals surface area contributed by atoms with Gasteiger partial charge in [0.15, 0.2) is 0 Å². The van der Waals surface area contributed by atoms with Crippen molar-refractivity contribution in [3.05, 3.63) is 28.2 Å². The zero-order valence-electron chi connectivity index (χ0n) is 12.4. The lowest BCUT2D eigenvalue weighted by Gasteiger charge is -2.20. The molecule has 0 aliphatic heterocycles. The monoisotopic (exact) mass is 337 g/mol. The van der Waals surface area contributed by atoms with Crippen LogP contribution in [0.3, 0.4) is 0 Å². The van der Waals surface area contributed by atoms with E-state index in [0.717, 1.165) is 41.0 Å². The lowest BCUT2D eigenvalue weighted by molar-refractivity contribution is 0.315. The molecule has 110 valence electrons. The number of hydrogen-bond donors (Lipinski definition) is 1. The number of rotatable bonds is 6. The Morgan fingerprint density at radius 1 is 1.35 bits per heavy atom. The molecule has 2 saturated carbocycles. The van der Waals surface area contributed by atoms with E-state index in [2.05, 4.69) is 53.4 Å². The highest BCUT2D eigenvalue weighted by Gasteiger charge is 2.55. The maximum atomic E-state index is 5.74. The van der Waals surface area contributed by atoms with Gasteiger partial charge in [-0.05, 0) is 77.7 Å².